The lowest BCUT2D eigenvalue weighted by molar-refractivity contribution is 0.0582. The van der Waals surface area contributed by atoms with Crippen molar-refractivity contribution >= 4 is 27.9 Å². The fourth-order valence-corrected chi connectivity index (χ4v) is 1.48. The number of hydrogen-bond acceptors (Lipinski definition) is 3. The molecule has 1 aromatic carbocycles. The van der Waals surface area contributed by atoms with Gasteiger partial charge in [0.1, 0.15) is 0 Å². The number of benzene rings is 1. The summed E-state index contributed by atoms with van der Waals surface area (Å²) in [6.07, 6.45) is 0. The van der Waals surface area contributed by atoms with Gasteiger partial charge in [0.25, 0.3) is 0 Å². The SMILES string of the molecule is COC(=O)c1cc(Br)c(C)cc1C(=O)O. The van der Waals surface area contributed by atoms with Gasteiger partial charge in [0.2, 0.25) is 0 Å². The molecule has 1 aromatic rings. The Hall–Kier alpha value is -1.36. The summed E-state index contributed by atoms with van der Waals surface area (Å²) in [5, 5.41) is 8.90. The second-order valence-electron chi connectivity index (χ2n) is 2.94. The van der Waals surface area contributed by atoms with E-state index in [2.05, 4.69) is 20.7 Å². The first-order valence-corrected chi connectivity index (χ1v) is 4.88. The van der Waals surface area contributed by atoms with Crippen LogP contribution in [-0.2, 0) is 4.74 Å². The van der Waals surface area contributed by atoms with E-state index < -0.39 is 11.9 Å². The molecule has 1 rings (SSSR count). The Bertz CT molecular complexity index is 426. The molecule has 5 heteroatoms. The molecule has 0 aliphatic rings. The molecule has 15 heavy (non-hydrogen) atoms. The highest BCUT2D eigenvalue weighted by Gasteiger charge is 2.18. The molecular formula is C10H9BrO4. The Kier molecular flexibility index (Phi) is 3.47. The molecule has 0 aromatic heterocycles. The van der Waals surface area contributed by atoms with Crippen LogP contribution in [0.4, 0.5) is 0 Å². The van der Waals surface area contributed by atoms with Gasteiger partial charge in [-0.15, -0.1) is 0 Å². The number of carbonyl (C=O) groups excluding carboxylic acids is 1. The minimum Gasteiger partial charge on any atom is -0.478 e. The molecule has 0 bridgehead atoms. The van der Waals surface area contributed by atoms with Crippen LogP contribution in [0.1, 0.15) is 26.3 Å². The normalized spacial score (nSPS) is 9.80. The lowest BCUT2D eigenvalue weighted by Crippen LogP contribution is -2.10. The van der Waals surface area contributed by atoms with E-state index in [1.54, 1.807) is 6.92 Å². The van der Waals surface area contributed by atoms with E-state index >= 15 is 0 Å². The van der Waals surface area contributed by atoms with Gasteiger partial charge in [-0.1, -0.05) is 15.9 Å². The third kappa shape index (κ3) is 2.36. The summed E-state index contributed by atoms with van der Waals surface area (Å²) in [5.74, 6) is -1.81. The number of carboxylic acid groups (broad SMARTS) is 1. The van der Waals surface area contributed by atoms with Crippen molar-refractivity contribution in [3.8, 4) is 0 Å². The van der Waals surface area contributed by atoms with E-state index in [0.717, 1.165) is 5.56 Å². The molecule has 0 unspecified atom stereocenters. The van der Waals surface area contributed by atoms with Crippen LogP contribution in [-0.4, -0.2) is 24.2 Å². The van der Waals surface area contributed by atoms with Gasteiger partial charge in [-0.2, -0.15) is 0 Å². The highest BCUT2D eigenvalue weighted by molar-refractivity contribution is 9.10. The van der Waals surface area contributed by atoms with Crippen molar-refractivity contribution in [1.82, 2.24) is 0 Å². The van der Waals surface area contributed by atoms with Crippen molar-refractivity contribution in [2.45, 2.75) is 6.92 Å². The molecule has 0 radical (unpaired) electrons. The molecule has 0 atom stereocenters. The molecule has 1 N–H and O–H groups in total. The molecule has 4 nitrogen and oxygen atoms in total. The van der Waals surface area contributed by atoms with Crippen LogP contribution in [0.2, 0.25) is 0 Å². The predicted octanol–water partition coefficient (Wildman–Crippen LogP) is 2.24. The van der Waals surface area contributed by atoms with Crippen molar-refractivity contribution in [2.75, 3.05) is 7.11 Å². The molecule has 0 amide bonds. The average molecular weight is 273 g/mol. The number of aryl methyl sites for hydroxylation is 1. The largest absolute Gasteiger partial charge is 0.478 e. The molecule has 0 heterocycles. The Labute approximate surface area is 95.0 Å². The van der Waals surface area contributed by atoms with E-state index in [4.69, 9.17) is 5.11 Å². The second-order valence-corrected chi connectivity index (χ2v) is 3.80. The van der Waals surface area contributed by atoms with Crippen molar-refractivity contribution in [3.05, 3.63) is 33.3 Å². The highest BCUT2D eigenvalue weighted by atomic mass is 79.9. The third-order valence-electron chi connectivity index (χ3n) is 1.93. The minimum atomic E-state index is -1.15. The maximum atomic E-state index is 11.3. The van der Waals surface area contributed by atoms with Crippen LogP contribution in [0, 0.1) is 6.92 Å². The van der Waals surface area contributed by atoms with Crippen molar-refractivity contribution in [2.24, 2.45) is 0 Å². The molecule has 0 fully saturated rings. The van der Waals surface area contributed by atoms with Gasteiger partial charge >= 0.3 is 11.9 Å². The van der Waals surface area contributed by atoms with Crippen molar-refractivity contribution in [3.63, 3.8) is 0 Å². The number of methoxy groups -OCH3 is 1. The molecule has 80 valence electrons. The van der Waals surface area contributed by atoms with Gasteiger partial charge in [0, 0.05) is 4.47 Å². The number of esters is 1. The number of aromatic carboxylic acids is 1. The van der Waals surface area contributed by atoms with E-state index in [-0.39, 0.29) is 11.1 Å². The summed E-state index contributed by atoms with van der Waals surface area (Å²) in [5.41, 5.74) is 0.741. The van der Waals surface area contributed by atoms with E-state index in [1.807, 2.05) is 0 Å². The average Bonchev–Trinajstić information content (AvgIpc) is 2.20. The molecular weight excluding hydrogens is 264 g/mol. The zero-order valence-corrected chi connectivity index (χ0v) is 9.79. The smallest absolute Gasteiger partial charge is 0.338 e. The van der Waals surface area contributed by atoms with Crippen LogP contribution in [0.15, 0.2) is 16.6 Å². The van der Waals surface area contributed by atoms with E-state index in [0.29, 0.717) is 4.47 Å². The van der Waals surface area contributed by atoms with Gasteiger partial charge in [0.15, 0.2) is 0 Å². The van der Waals surface area contributed by atoms with Crippen LogP contribution in [0.25, 0.3) is 0 Å². The molecule has 0 saturated carbocycles. The summed E-state index contributed by atoms with van der Waals surface area (Å²) in [6, 6.07) is 2.88. The standard InChI is InChI=1S/C10H9BrO4/c1-5-3-6(9(12)13)7(4-8(5)11)10(14)15-2/h3-4H,1-2H3,(H,12,13). The Balaban J connectivity index is 3.41. The number of carbonyl (C=O) groups is 2. The van der Waals surface area contributed by atoms with Gasteiger partial charge < -0.3 is 9.84 Å². The van der Waals surface area contributed by atoms with Gasteiger partial charge in [-0.05, 0) is 24.6 Å². The maximum Gasteiger partial charge on any atom is 0.338 e. The zero-order valence-electron chi connectivity index (χ0n) is 8.20. The topological polar surface area (TPSA) is 63.6 Å². The first-order valence-electron chi connectivity index (χ1n) is 4.09. The minimum absolute atomic E-state index is 0.0440. The zero-order chi connectivity index (χ0) is 11.6. The Morgan fingerprint density at radius 3 is 2.40 bits per heavy atom. The summed E-state index contributed by atoms with van der Waals surface area (Å²) in [4.78, 5) is 22.2. The van der Waals surface area contributed by atoms with Crippen molar-refractivity contribution < 1.29 is 19.4 Å². The van der Waals surface area contributed by atoms with Crippen LogP contribution in [0.5, 0.6) is 0 Å². The lowest BCUT2D eigenvalue weighted by atomic mass is 10.0. The fourth-order valence-electron chi connectivity index (χ4n) is 1.14. The maximum absolute atomic E-state index is 11.3. The number of hydrogen-bond donors (Lipinski definition) is 1. The fraction of sp³-hybridized carbons (Fsp3) is 0.200. The number of ether oxygens (including phenoxy) is 1. The third-order valence-corrected chi connectivity index (χ3v) is 2.79. The first-order chi connectivity index (χ1) is 6.97. The van der Waals surface area contributed by atoms with Gasteiger partial charge in [-0.3, -0.25) is 0 Å². The molecule has 0 saturated heterocycles. The lowest BCUT2D eigenvalue weighted by Gasteiger charge is -2.06. The van der Waals surface area contributed by atoms with Crippen molar-refractivity contribution in [1.29, 1.82) is 0 Å². The highest BCUT2D eigenvalue weighted by Crippen LogP contribution is 2.22. The summed E-state index contributed by atoms with van der Waals surface area (Å²) < 4.78 is 5.17. The summed E-state index contributed by atoms with van der Waals surface area (Å²) in [7, 11) is 1.21. The quantitative estimate of drug-likeness (QED) is 0.839. The predicted molar refractivity (Wildman–Crippen MR) is 57.2 cm³/mol. The monoisotopic (exact) mass is 272 g/mol. The molecule has 0 spiro atoms. The van der Waals surface area contributed by atoms with Gasteiger partial charge in [-0.25, -0.2) is 9.59 Å². The number of rotatable bonds is 2. The number of carboxylic acids is 1. The molecule has 0 aliphatic heterocycles. The second kappa shape index (κ2) is 4.44. The number of halogens is 1. The van der Waals surface area contributed by atoms with E-state index in [1.165, 1.54) is 19.2 Å². The van der Waals surface area contributed by atoms with E-state index in [9.17, 15) is 9.59 Å². The van der Waals surface area contributed by atoms with Crippen LogP contribution >= 0.6 is 15.9 Å². The summed E-state index contributed by atoms with van der Waals surface area (Å²) in [6.45, 7) is 1.75. The molecule has 0 aliphatic carbocycles. The summed E-state index contributed by atoms with van der Waals surface area (Å²) >= 11 is 3.23. The van der Waals surface area contributed by atoms with Gasteiger partial charge in [0.05, 0.1) is 18.2 Å². The Morgan fingerprint density at radius 1 is 1.33 bits per heavy atom. The Morgan fingerprint density at radius 2 is 1.93 bits per heavy atom. The first kappa shape index (κ1) is 11.7. The van der Waals surface area contributed by atoms with Crippen LogP contribution < -0.4 is 0 Å². The van der Waals surface area contributed by atoms with Crippen LogP contribution in [0.3, 0.4) is 0 Å².